The molecule has 1 N–H and O–H groups in total. The molecule has 0 saturated carbocycles. The molecule has 1 atom stereocenters. The Kier molecular flexibility index (Phi) is 4.62. The van der Waals surface area contributed by atoms with Crippen molar-refractivity contribution >= 4 is 11.6 Å². The van der Waals surface area contributed by atoms with Gasteiger partial charge in [0.15, 0.2) is 0 Å². The molecule has 0 bridgehead atoms. The summed E-state index contributed by atoms with van der Waals surface area (Å²) in [6.07, 6.45) is 0. The van der Waals surface area contributed by atoms with E-state index in [4.69, 9.17) is 11.6 Å². The molecular formula is C17H20ClN. The fourth-order valence-corrected chi connectivity index (χ4v) is 2.53. The summed E-state index contributed by atoms with van der Waals surface area (Å²) >= 11 is 6.02. The van der Waals surface area contributed by atoms with Crippen molar-refractivity contribution in [3.63, 3.8) is 0 Å². The Balaban J connectivity index is 2.02. The van der Waals surface area contributed by atoms with Crippen LogP contribution < -0.4 is 5.32 Å². The highest BCUT2D eigenvalue weighted by atomic mass is 35.5. The van der Waals surface area contributed by atoms with Crippen LogP contribution in [0.2, 0.25) is 5.02 Å². The number of aryl methyl sites for hydroxylation is 2. The van der Waals surface area contributed by atoms with Gasteiger partial charge in [-0.15, -0.1) is 0 Å². The van der Waals surface area contributed by atoms with Gasteiger partial charge in [0.05, 0.1) is 0 Å². The largest absolute Gasteiger partial charge is 0.306 e. The summed E-state index contributed by atoms with van der Waals surface area (Å²) in [6, 6.07) is 15.0. The van der Waals surface area contributed by atoms with E-state index in [1.807, 2.05) is 18.2 Å². The van der Waals surface area contributed by atoms with E-state index < -0.39 is 0 Å². The predicted octanol–water partition coefficient (Wildman–Crippen LogP) is 4.81. The van der Waals surface area contributed by atoms with E-state index in [-0.39, 0.29) is 0 Å². The molecule has 2 aromatic carbocycles. The molecule has 0 amide bonds. The van der Waals surface area contributed by atoms with Gasteiger partial charge in [-0.3, -0.25) is 0 Å². The molecule has 0 spiro atoms. The second-order valence-corrected chi connectivity index (χ2v) is 5.59. The molecule has 1 unspecified atom stereocenters. The molecule has 2 aromatic rings. The SMILES string of the molecule is Cc1cc(C)cc(CNC(C)c2cccc(Cl)c2)c1. The maximum Gasteiger partial charge on any atom is 0.0409 e. The lowest BCUT2D eigenvalue weighted by molar-refractivity contribution is 0.574. The third-order valence-corrected chi connectivity index (χ3v) is 3.48. The Morgan fingerprint density at radius 2 is 1.74 bits per heavy atom. The van der Waals surface area contributed by atoms with Gasteiger partial charge in [0.25, 0.3) is 0 Å². The topological polar surface area (TPSA) is 12.0 Å². The second-order valence-electron chi connectivity index (χ2n) is 5.15. The van der Waals surface area contributed by atoms with Crippen LogP contribution in [0.15, 0.2) is 42.5 Å². The van der Waals surface area contributed by atoms with Crippen molar-refractivity contribution in [3.8, 4) is 0 Å². The molecule has 100 valence electrons. The lowest BCUT2D eigenvalue weighted by Crippen LogP contribution is -2.18. The number of rotatable bonds is 4. The van der Waals surface area contributed by atoms with Crippen LogP contribution in [0.3, 0.4) is 0 Å². The van der Waals surface area contributed by atoms with Crippen molar-refractivity contribution in [2.45, 2.75) is 33.4 Å². The van der Waals surface area contributed by atoms with Crippen LogP contribution in [0, 0.1) is 13.8 Å². The third kappa shape index (κ3) is 4.09. The van der Waals surface area contributed by atoms with E-state index in [9.17, 15) is 0 Å². The van der Waals surface area contributed by atoms with E-state index in [0.29, 0.717) is 6.04 Å². The maximum absolute atomic E-state index is 6.02. The summed E-state index contributed by atoms with van der Waals surface area (Å²) in [5, 5.41) is 4.33. The molecule has 0 aromatic heterocycles. The van der Waals surface area contributed by atoms with Crippen LogP contribution in [0.1, 0.15) is 35.2 Å². The lowest BCUT2D eigenvalue weighted by atomic mass is 10.1. The Morgan fingerprint density at radius 1 is 1.05 bits per heavy atom. The zero-order chi connectivity index (χ0) is 13.8. The zero-order valence-electron chi connectivity index (χ0n) is 11.7. The molecule has 0 aliphatic carbocycles. The molecule has 0 aliphatic rings. The lowest BCUT2D eigenvalue weighted by Gasteiger charge is -2.15. The van der Waals surface area contributed by atoms with Gasteiger partial charge in [-0.2, -0.15) is 0 Å². The summed E-state index contributed by atoms with van der Waals surface area (Å²) in [5.74, 6) is 0. The van der Waals surface area contributed by atoms with Crippen LogP contribution in [0.4, 0.5) is 0 Å². The first-order chi connectivity index (χ1) is 9.04. The van der Waals surface area contributed by atoms with E-state index in [0.717, 1.165) is 11.6 Å². The first kappa shape index (κ1) is 14.1. The van der Waals surface area contributed by atoms with E-state index in [1.54, 1.807) is 0 Å². The van der Waals surface area contributed by atoms with Crippen LogP contribution in [0.5, 0.6) is 0 Å². The smallest absolute Gasteiger partial charge is 0.0409 e. The van der Waals surface area contributed by atoms with Crippen molar-refractivity contribution in [2.24, 2.45) is 0 Å². The molecule has 0 heterocycles. The third-order valence-electron chi connectivity index (χ3n) is 3.24. The van der Waals surface area contributed by atoms with Gasteiger partial charge in [0.2, 0.25) is 0 Å². The average Bonchev–Trinajstić information content (AvgIpc) is 2.35. The minimum Gasteiger partial charge on any atom is -0.306 e. The molecule has 0 aliphatic heterocycles. The van der Waals surface area contributed by atoms with Gasteiger partial charge in [-0.1, -0.05) is 53.1 Å². The zero-order valence-corrected chi connectivity index (χ0v) is 12.5. The predicted molar refractivity (Wildman–Crippen MR) is 82.6 cm³/mol. The average molecular weight is 274 g/mol. The minimum atomic E-state index is 0.291. The van der Waals surface area contributed by atoms with Gasteiger partial charge in [0.1, 0.15) is 0 Å². The number of benzene rings is 2. The van der Waals surface area contributed by atoms with Crippen molar-refractivity contribution < 1.29 is 0 Å². The molecule has 1 nitrogen and oxygen atoms in total. The van der Waals surface area contributed by atoms with Crippen molar-refractivity contribution in [1.29, 1.82) is 0 Å². The number of hydrogen-bond acceptors (Lipinski definition) is 1. The standard InChI is InChI=1S/C17H20ClN/c1-12-7-13(2)9-15(8-12)11-19-14(3)16-5-4-6-17(18)10-16/h4-10,14,19H,11H2,1-3H3. The molecule has 0 fully saturated rings. The Bertz CT molecular complexity index is 543. The first-order valence-corrected chi connectivity index (χ1v) is 6.98. The fraction of sp³-hybridized carbons (Fsp3) is 0.294. The second kappa shape index (κ2) is 6.23. The quantitative estimate of drug-likeness (QED) is 0.843. The van der Waals surface area contributed by atoms with Gasteiger partial charge in [-0.05, 0) is 44.0 Å². The summed E-state index contributed by atoms with van der Waals surface area (Å²) in [4.78, 5) is 0. The van der Waals surface area contributed by atoms with Crippen LogP contribution in [-0.2, 0) is 6.54 Å². The van der Waals surface area contributed by atoms with E-state index in [2.05, 4.69) is 50.4 Å². The highest BCUT2D eigenvalue weighted by Crippen LogP contribution is 2.18. The summed E-state index contributed by atoms with van der Waals surface area (Å²) < 4.78 is 0. The molecular weight excluding hydrogens is 254 g/mol. The van der Waals surface area contributed by atoms with Crippen LogP contribution in [-0.4, -0.2) is 0 Å². The molecule has 19 heavy (non-hydrogen) atoms. The monoisotopic (exact) mass is 273 g/mol. The van der Waals surface area contributed by atoms with E-state index in [1.165, 1.54) is 22.3 Å². The van der Waals surface area contributed by atoms with Crippen LogP contribution in [0.25, 0.3) is 0 Å². The molecule has 0 radical (unpaired) electrons. The van der Waals surface area contributed by atoms with E-state index >= 15 is 0 Å². The number of hydrogen-bond donors (Lipinski definition) is 1. The van der Waals surface area contributed by atoms with Gasteiger partial charge >= 0.3 is 0 Å². The molecule has 2 rings (SSSR count). The molecule has 0 saturated heterocycles. The minimum absolute atomic E-state index is 0.291. The maximum atomic E-state index is 6.02. The Morgan fingerprint density at radius 3 is 2.37 bits per heavy atom. The highest BCUT2D eigenvalue weighted by Gasteiger charge is 2.05. The summed E-state index contributed by atoms with van der Waals surface area (Å²) in [5.41, 5.74) is 5.17. The Hall–Kier alpha value is -1.31. The number of halogens is 1. The summed E-state index contributed by atoms with van der Waals surface area (Å²) in [7, 11) is 0. The molecule has 2 heteroatoms. The summed E-state index contributed by atoms with van der Waals surface area (Å²) in [6.45, 7) is 7.30. The normalized spacial score (nSPS) is 12.4. The van der Waals surface area contributed by atoms with Crippen molar-refractivity contribution in [1.82, 2.24) is 5.32 Å². The highest BCUT2D eigenvalue weighted by molar-refractivity contribution is 6.30. The number of nitrogens with one attached hydrogen (secondary N) is 1. The van der Waals surface area contributed by atoms with Gasteiger partial charge in [0, 0.05) is 17.6 Å². The first-order valence-electron chi connectivity index (χ1n) is 6.60. The Labute approximate surface area is 120 Å². The van der Waals surface area contributed by atoms with Gasteiger partial charge < -0.3 is 5.32 Å². The van der Waals surface area contributed by atoms with Crippen molar-refractivity contribution in [3.05, 3.63) is 69.7 Å². The van der Waals surface area contributed by atoms with Crippen LogP contribution >= 0.6 is 11.6 Å². The fourth-order valence-electron chi connectivity index (χ4n) is 2.34. The van der Waals surface area contributed by atoms with Gasteiger partial charge in [-0.25, -0.2) is 0 Å². The van der Waals surface area contributed by atoms with Crippen molar-refractivity contribution in [2.75, 3.05) is 0 Å².